The van der Waals surface area contributed by atoms with Crippen LogP contribution in [-0.4, -0.2) is 35.9 Å². The molecule has 0 radical (unpaired) electrons. The quantitative estimate of drug-likeness (QED) is 0.786. The van der Waals surface area contributed by atoms with Crippen molar-refractivity contribution in [2.75, 3.05) is 20.1 Å². The van der Waals surface area contributed by atoms with E-state index in [1.165, 1.54) is 17.7 Å². The predicted octanol–water partition coefficient (Wildman–Crippen LogP) is 4.66. The summed E-state index contributed by atoms with van der Waals surface area (Å²) in [4.78, 5) is 20.7. The van der Waals surface area contributed by atoms with Gasteiger partial charge < -0.3 is 10.2 Å². The number of rotatable bonds is 6. The van der Waals surface area contributed by atoms with Gasteiger partial charge in [-0.3, -0.25) is 4.79 Å². The second-order valence-electron chi connectivity index (χ2n) is 7.78. The van der Waals surface area contributed by atoms with Crippen LogP contribution < -0.4 is 5.32 Å². The number of carbonyl (C=O) groups is 1. The van der Waals surface area contributed by atoms with E-state index in [4.69, 9.17) is 4.98 Å². The summed E-state index contributed by atoms with van der Waals surface area (Å²) in [5.74, 6) is 1.34. The molecule has 1 aliphatic rings. The lowest BCUT2D eigenvalue weighted by molar-refractivity contribution is -0.133. The maximum Gasteiger partial charge on any atom is 0.223 e. The van der Waals surface area contributed by atoms with E-state index in [2.05, 4.69) is 31.3 Å². The van der Waals surface area contributed by atoms with Gasteiger partial charge in [0.1, 0.15) is 5.01 Å². The molecule has 0 bridgehead atoms. The number of hydrogen-bond acceptors (Lipinski definition) is 4. The molecule has 1 fully saturated rings. The van der Waals surface area contributed by atoms with Crippen molar-refractivity contribution in [3.63, 3.8) is 0 Å². The lowest BCUT2D eigenvalue weighted by Gasteiger charge is -2.30. The largest absolute Gasteiger partial charge is 0.338 e. The van der Waals surface area contributed by atoms with E-state index in [0.29, 0.717) is 18.3 Å². The highest BCUT2D eigenvalue weighted by Crippen LogP contribution is 2.34. The van der Waals surface area contributed by atoms with E-state index in [9.17, 15) is 4.79 Å². The molecule has 27 heavy (non-hydrogen) atoms. The summed E-state index contributed by atoms with van der Waals surface area (Å²) < 4.78 is 0. The molecule has 2 atom stereocenters. The number of nitrogens with zero attached hydrogens (tertiary/aromatic N) is 2. The third kappa shape index (κ3) is 4.77. The Morgan fingerprint density at radius 1 is 1.26 bits per heavy atom. The van der Waals surface area contributed by atoms with Gasteiger partial charge in [-0.05, 0) is 51.6 Å². The van der Waals surface area contributed by atoms with Crippen LogP contribution in [0.2, 0.25) is 0 Å². The number of benzene rings is 1. The molecule has 0 saturated carbocycles. The minimum absolute atomic E-state index is 0.0488. The second kappa shape index (κ2) is 8.98. The van der Waals surface area contributed by atoms with Gasteiger partial charge in [0.2, 0.25) is 5.91 Å². The summed E-state index contributed by atoms with van der Waals surface area (Å²) >= 11 is 1.70. The first-order valence-corrected chi connectivity index (χ1v) is 10.8. The molecule has 2 heterocycles. The number of thiazole rings is 1. The Kier molecular flexibility index (Phi) is 6.66. The summed E-state index contributed by atoms with van der Waals surface area (Å²) in [5.41, 5.74) is 2.16. The Morgan fingerprint density at radius 3 is 2.59 bits per heavy atom. The van der Waals surface area contributed by atoms with Gasteiger partial charge >= 0.3 is 0 Å². The normalized spacial score (nSPS) is 17.5. The van der Waals surface area contributed by atoms with Crippen molar-refractivity contribution >= 4 is 17.2 Å². The van der Waals surface area contributed by atoms with Gasteiger partial charge in [0.15, 0.2) is 0 Å². The van der Waals surface area contributed by atoms with E-state index >= 15 is 0 Å². The highest BCUT2D eigenvalue weighted by molar-refractivity contribution is 7.15. The van der Waals surface area contributed by atoms with Crippen LogP contribution in [-0.2, 0) is 4.79 Å². The molecular weight excluding hydrogens is 354 g/mol. The minimum atomic E-state index is 0.0488. The van der Waals surface area contributed by atoms with Gasteiger partial charge in [-0.15, -0.1) is 11.3 Å². The van der Waals surface area contributed by atoms with Crippen LogP contribution in [0.1, 0.15) is 49.7 Å². The van der Waals surface area contributed by atoms with Crippen LogP contribution in [0.5, 0.6) is 0 Å². The number of piperidine rings is 1. The fourth-order valence-electron chi connectivity index (χ4n) is 3.89. The third-order valence-corrected chi connectivity index (χ3v) is 7.27. The Morgan fingerprint density at radius 2 is 1.93 bits per heavy atom. The van der Waals surface area contributed by atoms with Gasteiger partial charge in [0, 0.05) is 19.0 Å². The van der Waals surface area contributed by atoms with Crippen molar-refractivity contribution in [2.45, 2.75) is 46.1 Å². The number of hydrogen-bond donors (Lipinski definition) is 1. The SMILES string of the molecule is Cc1nc(-c2ccccc2)sc1C(C)N(C)C(=O)CC(C)C1CCNCC1. The molecular formula is C22H31N3OS. The van der Waals surface area contributed by atoms with E-state index in [-0.39, 0.29) is 11.9 Å². The Bertz CT molecular complexity index is 752. The van der Waals surface area contributed by atoms with Crippen molar-refractivity contribution in [2.24, 2.45) is 11.8 Å². The molecule has 1 aliphatic heterocycles. The Balaban J connectivity index is 1.66. The average molecular weight is 386 g/mol. The molecule has 5 heteroatoms. The van der Waals surface area contributed by atoms with E-state index in [1.807, 2.05) is 37.1 Å². The standard InChI is InChI=1S/C22H31N3OS/c1-15(18-10-12-23-13-11-18)14-20(26)25(4)17(3)21-16(2)24-22(27-21)19-8-6-5-7-9-19/h5-9,15,17-18,23H,10-14H2,1-4H3. The minimum Gasteiger partial charge on any atom is -0.338 e. The lowest BCUT2D eigenvalue weighted by atomic mass is 9.84. The second-order valence-corrected chi connectivity index (χ2v) is 8.81. The molecule has 3 rings (SSSR count). The Hall–Kier alpha value is -1.72. The molecule has 0 spiro atoms. The van der Waals surface area contributed by atoms with Crippen LogP contribution in [0.4, 0.5) is 0 Å². The fourth-order valence-corrected chi connectivity index (χ4v) is 5.06. The van der Waals surface area contributed by atoms with Crippen molar-refractivity contribution in [3.05, 3.63) is 40.9 Å². The van der Waals surface area contributed by atoms with Crippen LogP contribution >= 0.6 is 11.3 Å². The predicted molar refractivity (Wildman–Crippen MR) is 113 cm³/mol. The van der Waals surface area contributed by atoms with Crippen LogP contribution in [0.15, 0.2) is 30.3 Å². The number of aromatic nitrogens is 1. The molecule has 1 aromatic heterocycles. The first kappa shape index (κ1) is 20.0. The summed E-state index contributed by atoms with van der Waals surface area (Å²) in [6.45, 7) is 8.56. The first-order valence-electron chi connectivity index (χ1n) is 9.96. The molecule has 2 unspecified atom stereocenters. The fraction of sp³-hybridized carbons (Fsp3) is 0.545. The maximum atomic E-state index is 12.9. The zero-order valence-corrected chi connectivity index (χ0v) is 17.7. The topological polar surface area (TPSA) is 45.2 Å². The zero-order chi connectivity index (χ0) is 19.4. The van der Waals surface area contributed by atoms with Gasteiger partial charge in [0.05, 0.1) is 16.6 Å². The average Bonchev–Trinajstić information content (AvgIpc) is 3.09. The molecule has 0 aliphatic carbocycles. The molecule has 1 saturated heterocycles. The van der Waals surface area contributed by atoms with Gasteiger partial charge in [-0.2, -0.15) is 0 Å². The lowest BCUT2D eigenvalue weighted by Crippen LogP contribution is -2.35. The smallest absolute Gasteiger partial charge is 0.223 e. The highest BCUT2D eigenvalue weighted by Gasteiger charge is 2.27. The summed E-state index contributed by atoms with van der Waals surface area (Å²) in [5, 5.41) is 4.43. The molecule has 1 amide bonds. The zero-order valence-electron chi connectivity index (χ0n) is 16.9. The van der Waals surface area contributed by atoms with E-state index in [1.54, 1.807) is 11.3 Å². The molecule has 4 nitrogen and oxygen atoms in total. The van der Waals surface area contributed by atoms with Crippen molar-refractivity contribution in [3.8, 4) is 10.6 Å². The monoisotopic (exact) mass is 385 g/mol. The third-order valence-electron chi connectivity index (χ3n) is 5.89. The van der Waals surface area contributed by atoms with E-state index in [0.717, 1.165) is 29.4 Å². The summed E-state index contributed by atoms with van der Waals surface area (Å²) in [7, 11) is 1.93. The Labute approximate surface area is 167 Å². The van der Waals surface area contributed by atoms with Crippen molar-refractivity contribution in [1.29, 1.82) is 0 Å². The van der Waals surface area contributed by atoms with Gasteiger partial charge in [-0.25, -0.2) is 4.98 Å². The van der Waals surface area contributed by atoms with Crippen molar-refractivity contribution in [1.82, 2.24) is 15.2 Å². The van der Waals surface area contributed by atoms with Crippen LogP contribution in [0, 0.1) is 18.8 Å². The van der Waals surface area contributed by atoms with Gasteiger partial charge in [-0.1, -0.05) is 37.3 Å². The molecule has 1 aromatic carbocycles. The van der Waals surface area contributed by atoms with Gasteiger partial charge in [0.25, 0.3) is 0 Å². The number of amides is 1. The first-order chi connectivity index (χ1) is 13.0. The van der Waals surface area contributed by atoms with Crippen molar-refractivity contribution < 1.29 is 4.79 Å². The summed E-state index contributed by atoms with van der Waals surface area (Å²) in [6.07, 6.45) is 3.00. The summed E-state index contributed by atoms with van der Waals surface area (Å²) in [6, 6.07) is 10.3. The number of aryl methyl sites for hydroxylation is 1. The van der Waals surface area contributed by atoms with E-state index < -0.39 is 0 Å². The van der Waals surface area contributed by atoms with Crippen LogP contribution in [0.3, 0.4) is 0 Å². The maximum absolute atomic E-state index is 12.9. The number of nitrogens with one attached hydrogen (secondary N) is 1. The molecule has 146 valence electrons. The molecule has 2 aromatic rings. The molecule has 1 N–H and O–H groups in total. The van der Waals surface area contributed by atoms with Crippen LogP contribution in [0.25, 0.3) is 10.6 Å². The number of carbonyl (C=O) groups excluding carboxylic acids is 1. The highest BCUT2D eigenvalue weighted by atomic mass is 32.1.